The average Bonchev–Trinajstić information content (AvgIpc) is 3.43. The summed E-state index contributed by atoms with van der Waals surface area (Å²) >= 11 is 0. The summed E-state index contributed by atoms with van der Waals surface area (Å²) in [7, 11) is 0. The van der Waals surface area contributed by atoms with E-state index in [-0.39, 0.29) is 11.8 Å². The van der Waals surface area contributed by atoms with Crippen LogP contribution in [0.2, 0.25) is 0 Å². The molecule has 1 fully saturated rings. The topological polar surface area (TPSA) is 58.2 Å². The van der Waals surface area contributed by atoms with Gasteiger partial charge in [0.2, 0.25) is 11.8 Å². The van der Waals surface area contributed by atoms with Gasteiger partial charge in [-0.2, -0.15) is 0 Å². The van der Waals surface area contributed by atoms with Crippen molar-refractivity contribution in [2.75, 3.05) is 5.32 Å². The standard InChI is InChI=1S/C20H22N2O2/c1-2-18(23)22-17-10-8-16(9-11-17)20(12-13-20)19(24)21-14-15-6-4-3-5-7-15/h3-11H,2,12-14H2,1H3,(H,21,24)(H,22,23). The lowest BCUT2D eigenvalue weighted by Crippen LogP contribution is -2.34. The molecule has 0 aromatic heterocycles. The Morgan fingerprint density at radius 1 is 1.00 bits per heavy atom. The third-order valence-electron chi connectivity index (χ3n) is 4.52. The highest BCUT2D eigenvalue weighted by Crippen LogP contribution is 2.48. The van der Waals surface area contributed by atoms with Crippen LogP contribution in [0.1, 0.15) is 37.3 Å². The normalized spacial score (nSPS) is 14.7. The van der Waals surface area contributed by atoms with Gasteiger partial charge in [0, 0.05) is 18.7 Å². The van der Waals surface area contributed by atoms with E-state index in [1.54, 1.807) is 0 Å². The first-order chi connectivity index (χ1) is 11.6. The van der Waals surface area contributed by atoms with Crippen molar-refractivity contribution in [3.8, 4) is 0 Å². The Balaban J connectivity index is 1.64. The summed E-state index contributed by atoms with van der Waals surface area (Å²) in [5, 5.41) is 5.87. The van der Waals surface area contributed by atoms with Crippen molar-refractivity contribution >= 4 is 17.5 Å². The van der Waals surface area contributed by atoms with Crippen molar-refractivity contribution in [3.05, 3.63) is 65.7 Å². The fourth-order valence-corrected chi connectivity index (χ4v) is 2.84. The minimum Gasteiger partial charge on any atom is -0.351 e. The summed E-state index contributed by atoms with van der Waals surface area (Å²) in [4.78, 5) is 24.1. The predicted octanol–water partition coefficient (Wildman–Crippen LogP) is 3.38. The summed E-state index contributed by atoms with van der Waals surface area (Å²) in [6.07, 6.45) is 2.19. The van der Waals surface area contributed by atoms with Crippen molar-refractivity contribution in [3.63, 3.8) is 0 Å². The predicted molar refractivity (Wildman–Crippen MR) is 94.6 cm³/mol. The number of hydrogen-bond acceptors (Lipinski definition) is 2. The zero-order chi connectivity index (χ0) is 17.0. The van der Waals surface area contributed by atoms with Gasteiger partial charge in [0.25, 0.3) is 0 Å². The Kier molecular flexibility index (Phi) is 4.65. The maximum absolute atomic E-state index is 12.6. The van der Waals surface area contributed by atoms with Crippen molar-refractivity contribution in [2.45, 2.75) is 38.1 Å². The molecule has 1 aliphatic carbocycles. The minimum atomic E-state index is -0.401. The van der Waals surface area contributed by atoms with Gasteiger partial charge >= 0.3 is 0 Å². The molecule has 2 N–H and O–H groups in total. The minimum absolute atomic E-state index is 0.00973. The molecule has 4 heteroatoms. The number of rotatable bonds is 6. The van der Waals surface area contributed by atoms with E-state index >= 15 is 0 Å². The SMILES string of the molecule is CCC(=O)Nc1ccc(C2(C(=O)NCc3ccccc3)CC2)cc1. The molecule has 3 rings (SSSR count). The lowest BCUT2D eigenvalue weighted by Gasteiger charge is -2.16. The molecule has 0 aliphatic heterocycles. The van der Waals surface area contributed by atoms with Crippen LogP contribution in [0.4, 0.5) is 5.69 Å². The summed E-state index contributed by atoms with van der Waals surface area (Å²) in [6.45, 7) is 2.37. The molecule has 0 saturated heterocycles. The van der Waals surface area contributed by atoms with Crippen LogP contribution in [0.5, 0.6) is 0 Å². The van der Waals surface area contributed by atoms with E-state index in [1.807, 2.05) is 61.5 Å². The molecule has 2 aromatic rings. The molecule has 4 nitrogen and oxygen atoms in total. The largest absolute Gasteiger partial charge is 0.351 e. The van der Waals surface area contributed by atoms with Crippen molar-refractivity contribution < 1.29 is 9.59 Å². The maximum atomic E-state index is 12.6. The van der Waals surface area contributed by atoms with Crippen LogP contribution >= 0.6 is 0 Å². The highest BCUT2D eigenvalue weighted by atomic mass is 16.2. The molecule has 0 atom stereocenters. The van der Waals surface area contributed by atoms with Crippen LogP contribution in [-0.2, 0) is 21.5 Å². The Hall–Kier alpha value is -2.62. The molecule has 1 aliphatic rings. The van der Waals surface area contributed by atoms with Gasteiger partial charge < -0.3 is 10.6 Å². The lowest BCUT2D eigenvalue weighted by molar-refractivity contribution is -0.123. The van der Waals surface area contributed by atoms with Crippen LogP contribution in [0, 0.1) is 0 Å². The van der Waals surface area contributed by atoms with Gasteiger partial charge in [-0.05, 0) is 36.1 Å². The van der Waals surface area contributed by atoms with Gasteiger partial charge in [-0.25, -0.2) is 0 Å². The second-order valence-electron chi connectivity index (χ2n) is 6.23. The van der Waals surface area contributed by atoms with Crippen molar-refractivity contribution in [1.29, 1.82) is 0 Å². The second-order valence-corrected chi connectivity index (χ2v) is 6.23. The number of anilines is 1. The molecule has 0 radical (unpaired) electrons. The van der Waals surface area contributed by atoms with E-state index < -0.39 is 5.41 Å². The maximum Gasteiger partial charge on any atom is 0.230 e. The van der Waals surface area contributed by atoms with Gasteiger partial charge in [-0.1, -0.05) is 49.4 Å². The van der Waals surface area contributed by atoms with Gasteiger partial charge in [0.1, 0.15) is 0 Å². The van der Waals surface area contributed by atoms with Crippen LogP contribution in [0.15, 0.2) is 54.6 Å². The molecule has 124 valence electrons. The molecular formula is C20H22N2O2. The van der Waals surface area contributed by atoms with E-state index in [4.69, 9.17) is 0 Å². The Morgan fingerprint density at radius 3 is 2.25 bits per heavy atom. The lowest BCUT2D eigenvalue weighted by atomic mass is 9.94. The summed E-state index contributed by atoms with van der Waals surface area (Å²) < 4.78 is 0. The molecular weight excluding hydrogens is 300 g/mol. The highest BCUT2D eigenvalue weighted by molar-refractivity contribution is 5.92. The summed E-state index contributed by atoms with van der Waals surface area (Å²) in [6, 6.07) is 17.5. The molecule has 0 bridgehead atoms. The third-order valence-corrected chi connectivity index (χ3v) is 4.52. The van der Waals surface area contributed by atoms with Crippen LogP contribution < -0.4 is 10.6 Å². The fourth-order valence-electron chi connectivity index (χ4n) is 2.84. The van der Waals surface area contributed by atoms with E-state index in [9.17, 15) is 9.59 Å². The van der Waals surface area contributed by atoms with Crippen molar-refractivity contribution in [2.24, 2.45) is 0 Å². The quantitative estimate of drug-likeness (QED) is 0.856. The first-order valence-corrected chi connectivity index (χ1v) is 8.37. The summed E-state index contributed by atoms with van der Waals surface area (Å²) in [5.41, 5.74) is 2.48. The molecule has 2 amide bonds. The fraction of sp³-hybridized carbons (Fsp3) is 0.300. The number of nitrogens with one attached hydrogen (secondary N) is 2. The molecule has 0 heterocycles. The third kappa shape index (κ3) is 3.48. The molecule has 0 unspecified atom stereocenters. The Morgan fingerprint density at radius 2 is 1.67 bits per heavy atom. The smallest absolute Gasteiger partial charge is 0.230 e. The molecule has 1 saturated carbocycles. The van der Waals surface area contributed by atoms with Gasteiger partial charge in [0.15, 0.2) is 0 Å². The number of hydrogen-bond donors (Lipinski definition) is 2. The van der Waals surface area contributed by atoms with E-state index in [0.717, 1.165) is 29.7 Å². The number of carbonyl (C=O) groups is 2. The van der Waals surface area contributed by atoms with Gasteiger partial charge in [-0.3, -0.25) is 9.59 Å². The average molecular weight is 322 g/mol. The van der Waals surface area contributed by atoms with Crippen molar-refractivity contribution in [1.82, 2.24) is 5.32 Å². The number of benzene rings is 2. The van der Waals surface area contributed by atoms with E-state index in [2.05, 4.69) is 10.6 Å². The number of amides is 2. The van der Waals surface area contributed by atoms with Crippen LogP contribution in [-0.4, -0.2) is 11.8 Å². The zero-order valence-electron chi connectivity index (χ0n) is 13.8. The van der Waals surface area contributed by atoms with Crippen LogP contribution in [0.25, 0.3) is 0 Å². The Labute approximate surface area is 142 Å². The van der Waals surface area contributed by atoms with E-state index in [0.29, 0.717) is 13.0 Å². The monoisotopic (exact) mass is 322 g/mol. The molecule has 2 aromatic carbocycles. The summed E-state index contributed by atoms with van der Waals surface area (Å²) in [5.74, 6) is 0.0705. The first kappa shape index (κ1) is 16.2. The second kappa shape index (κ2) is 6.87. The Bertz CT molecular complexity index is 719. The molecule has 24 heavy (non-hydrogen) atoms. The first-order valence-electron chi connectivity index (χ1n) is 8.37. The number of carbonyl (C=O) groups excluding carboxylic acids is 2. The van der Waals surface area contributed by atoms with Gasteiger partial charge in [-0.15, -0.1) is 0 Å². The van der Waals surface area contributed by atoms with Crippen LogP contribution in [0.3, 0.4) is 0 Å². The van der Waals surface area contributed by atoms with Gasteiger partial charge in [0.05, 0.1) is 5.41 Å². The highest BCUT2D eigenvalue weighted by Gasteiger charge is 2.51. The zero-order valence-corrected chi connectivity index (χ0v) is 13.8. The molecule has 0 spiro atoms. The van der Waals surface area contributed by atoms with E-state index in [1.165, 1.54) is 0 Å².